The van der Waals surface area contributed by atoms with Gasteiger partial charge in [-0.15, -0.1) is 24.0 Å². The number of nitrogens with zero attached hydrogens (tertiary/aromatic N) is 1. The Balaban J connectivity index is 0.00000288. The van der Waals surface area contributed by atoms with Crippen LogP contribution in [-0.2, 0) is 13.1 Å². The molecular weight excluding hydrogens is 417 g/mol. The van der Waals surface area contributed by atoms with E-state index in [9.17, 15) is 0 Å². The molecule has 0 bridgehead atoms. The molecule has 0 saturated heterocycles. The van der Waals surface area contributed by atoms with Crippen molar-refractivity contribution in [2.24, 2.45) is 4.99 Å². The van der Waals surface area contributed by atoms with Crippen molar-refractivity contribution in [2.75, 3.05) is 21.3 Å². The quantitative estimate of drug-likeness (QED) is 0.411. The lowest BCUT2D eigenvalue weighted by atomic mass is 10.2. The second-order valence-electron chi connectivity index (χ2n) is 4.95. The number of hydrogen-bond donors (Lipinski definition) is 2. The molecule has 2 aromatic rings. The van der Waals surface area contributed by atoms with Gasteiger partial charge in [-0.2, -0.15) is 0 Å². The zero-order valence-corrected chi connectivity index (χ0v) is 16.5. The van der Waals surface area contributed by atoms with E-state index in [0.717, 1.165) is 29.6 Å². The van der Waals surface area contributed by atoms with Gasteiger partial charge < -0.3 is 20.1 Å². The minimum atomic E-state index is 0. The third-order valence-electron chi connectivity index (χ3n) is 3.43. The van der Waals surface area contributed by atoms with Gasteiger partial charge in [-0.05, 0) is 23.3 Å². The van der Waals surface area contributed by atoms with Gasteiger partial charge in [0.15, 0.2) is 17.5 Å². The maximum Gasteiger partial charge on any atom is 0.191 e. The maximum absolute atomic E-state index is 5.32. The summed E-state index contributed by atoms with van der Waals surface area (Å²) in [5, 5.41) is 6.58. The van der Waals surface area contributed by atoms with E-state index in [-0.39, 0.29) is 24.0 Å². The van der Waals surface area contributed by atoms with Gasteiger partial charge in [0.2, 0.25) is 0 Å². The van der Waals surface area contributed by atoms with Gasteiger partial charge in [0.05, 0.1) is 14.2 Å². The first-order valence-corrected chi connectivity index (χ1v) is 7.46. The summed E-state index contributed by atoms with van der Waals surface area (Å²) in [6.07, 6.45) is 0. The fourth-order valence-electron chi connectivity index (χ4n) is 2.18. The summed E-state index contributed by atoms with van der Waals surface area (Å²) in [6.45, 7) is 1.38. The Morgan fingerprint density at radius 2 is 1.50 bits per heavy atom. The average Bonchev–Trinajstić information content (AvgIpc) is 2.62. The van der Waals surface area contributed by atoms with Crippen LogP contribution in [0.25, 0.3) is 0 Å². The molecule has 0 aliphatic carbocycles. The van der Waals surface area contributed by atoms with Gasteiger partial charge in [-0.25, -0.2) is 0 Å². The summed E-state index contributed by atoms with van der Waals surface area (Å²) < 4.78 is 10.6. The molecule has 2 rings (SSSR count). The molecule has 0 fully saturated rings. The first-order chi connectivity index (χ1) is 11.3. The summed E-state index contributed by atoms with van der Waals surface area (Å²) in [7, 11) is 5.02. The highest BCUT2D eigenvalue weighted by Gasteiger charge is 2.05. The predicted octanol–water partition coefficient (Wildman–Crippen LogP) is 3.19. The van der Waals surface area contributed by atoms with Crippen molar-refractivity contribution in [1.82, 2.24) is 10.6 Å². The van der Waals surface area contributed by atoms with Crippen molar-refractivity contribution in [1.29, 1.82) is 0 Å². The molecule has 0 atom stereocenters. The van der Waals surface area contributed by atoms with E-state index >= 15 is 0 Å². The first-order valence-electron chi connectivity index (χ1n) is 7.46. The second kappa shape index (κ2) is 10.7. The standard InChI is InChI=1S/C18H23N3O2.HI/c1-19-18(20-12-14-7-5-4-6-8-14)21-13-15-9-10-16(22-2)17(11-15)23-3;/h4-11H,12-13H2,1-3H3,(H2,19,20,21);1H. The summed E-state index contributed by atoms with van der Waals surface area (Å²) in [4.78, 5) is 4.23. The molecule has 2 N–H and O–H groups in total. The number of nitrogens with one attached hydrogen (secondary N) is 2. The Labute approximate surface area is 160 Å². The highest BCUT2D eigenvalue weighted by atomic mass is 127. The minimum absolute atomic E-state index is 0. The molecular formula is C18H24IN3O2. The number of rotatable bonds is 6. The van der Waals surface area contributed by atoms with E-state index in [2.05, 4.69) is 27.8 Å². The van der Waals surface area contributed by atoms with Gasteiger partial charge in [-0.1, -0.05) is 36.4 Å². The number of hydrogen-bond acceptors (Lipinski definition) is 3. The monoisotopic (exact) mass is 441 g/mol. The van der Waals surface area contributed by atoms with Crippen LogP contribution in [0.4, 0.5) is 0 Å². The smallest absolute Gasteiger partial charge is 0.191 e. The highest BCUT2D eigenvalue weighted by molar-refractivity contribution is 14.0. The minimum Gasteiger partial charge on any atom is -0.493 e. The lowest BCUT2D eigenvalue weighted by Gasteiger charge is -2.13. The fourth-order valence-corrected chi connectivity index (χ4v) is 2.18. The highest BCUT2D eigenvalue weighted by Crippen LogP contribution is 2.27. The van der Waals surface area contributed by atoms with E-state index in [0.29, 0.717) is 6.54 Å². The molecule has 5 nitrogen and oxygen atoms in total. The number of halogens is 1. The fraction of sp³-hybridized carbons (Fsp3) is 0.278. The van der Waals surface area contributed by atoms with Crippen LogP contribution in [0.2, 0.25) is 0 Å². The van der Waals surface area contributed by atoms with E-state index in [1.807, 2.05) is 36.4 Å². The first kappa shape index (κ1) is 20.1. The summed E-state index contributed by atoms with van der Waals surface area (Å²) in [5.74, 6) is 2.20. The van der Waals surface area contributed by atoms with Crippen LogP contribution < -0.4 is 20.1 Å². The van der Waals surface area contributed by atoms with Gasteiger partial charge in [-0.3, -0.25) is 4.99 Å². The molecule has 130 valence electrons. The normalized spacial score (nSPS) is 10.5. The predicted molar refractivity (Wildman–Crippen MR) is 108 cm³/mol. The van der Waals surface area contributed by atoms with Crippen LogP contribution in [-0.4, -0.2) is 27.2 Å². The van der Waals surface area contributed by atoms with Gasteiger partial charge in [0, 0.05) is 20.1 Å². The van der Waals surface area contributed by atoms with Gasteiger partial charge in [0.25, 0.3) is 0 Å². The lowest BCUT2D eigenvalue weighted by molar-refractivity contribution is 0.354. The van der Waals surface area contributed by atoms with Crippen LogP contribution >= 0.6 is 24.0 Å². The molecule has 0 amide bonds. The number of guanidine groups is 1. The maximum atomic E-state index is 5.32. The topological polar surface area (TPSA) is 54.9 Å². The molecule has 0 aromatic heterocycles. The summed E-state index contributed by atoms with van der Waals surface area (Å²) in [6, 6.07) is 16.1. The van der Waals surface area contributed by atoms with Crippen LogP contribution in [0.1, 0.15) is 11.1 Å². The van der Waals surface area contributed by atoms with Crippen LogP contribution in [0.3, 0.4) is 0 Å². The molecule has 0 aliphatic rings. The third kappa shape index (κ3) is 5.92. The molecule has 0 heterocycles. The van der Waals surface area contributed by atoms with Crippen LogP contribution in [0.15, 0.2) is 53.5 Å². The van der Waals surface area contributed by atoms with Crippen molar-refractivity contribution >= 4 is 29.9 Å². The summed E-state index contributed by atoms with van der Waals surface area (Å²) >= 11 is 0. The Bertz CT molecular complexity index is 648. The van der Waals surface area contributed by atoms with Crippen molar-refractivity contribution in [3.05, 3.63) is 59.7 Å². The van der Waals surface area contributed by atoms with E-state index in [1.165, 1.54) is 5.56 Å². The largest absolute Gasteiger partial charge is 0.493 e. The van der Waals surface area contributed by atoms with E-state index in [1.54, 1.807) is 21.3 Å². The molecule has 0 radical (unpaired) electrons. The molecule has 2 aromatic carbocycles. The molecule has 0 saturated carbocycles. The molecule has 24 heavy (non-hydrogen) atoms. The van der Waals surface area contributed by atoms with Crippen LogP contribution in [0, 0.1) is 0 Å². The SMILES string of the molecule is CN=C(NCc1ccccc1)NCc1ccc(OC)c(OC)c1.I. The summed E-state index contributed by atoms with van der Waals surface area (Å²) in [5.41, 5.74) is 2.30. The van der Waals surface area contributed by atoms with Crippen LogP contribution in [0.5, 0.6) is 11.5 Å². The zero-order valence-electron chi connectivity index (χ0n) is 14.2. The van der Waals surface area contributed by atoms with Crippen molar-refractivity contribution in [3.8, 4) is 11.5 Å². The number of ether oxygens (including phenoxy) is 2. The third-order valence-corrected chi connectivity index (χ3v) is 3.43. The Hall–Kier alpha value is -1.96. The number of methoxy groups -OCH3 is 2. The Morgan fingerprint density at radius 1 is 0.875 bits per heavy atom. The second-order valence-corrected chi connectivity index (χ2v) is 4.95. The average molecular weight is 441 g/mol. The van der Waals surface area contributed by atoms with E-state index < -0.39 is 0 Å². The van der Waals surface area contributed by atoms with Crippen molar-refractivity contribution in [2.45, 2.75) is 13.1 Å². The molecule has 6 heteroatoms. The van der Waals surface area contributed by atoms with Crippen molar-refractivity contribution in [3.63, 3.8) is 0 Å². The van der Waals surface area contributed by atoms with E-state index in [4.69, 9.17) is 9.47 Å². The molecule has 0 aliphatic heterocycles. The molecule has 0 unspecified atom stereocenters. The Morgan fingerprint density at radius 3 is 2.08 bits per heavy atom. The Kier molecular flexibility index (Phi) is 8.99. The van der Waals surface area contributed by atoms with Gasteiger partial charge >= 0.3 is 0 Å². The zero-order chi connectivity index (χ0) is 16.5. The lowest BCUT2D eigenvalue weighted by Crippen LogP contribution is -2.36. The number of benzene rings is 2. The molecule has 0 spiro atoms. The number of aliphatic imine (C=N–C) groups is 1. The van der Waals surface area contributed by atoms with Crippen molar-refractivity contribution < 1.29 is 9.47 Å². The van der Waals surface area contributed by atoms with Gasteiger partial charge in [0.1, 0.15) is 0 Å².